The average molecular weight is 913 g/mol. The fourth-order valence-electron chi connectivity index (χ4n) is 6.88. The lowest BCUT2D eigenvalue weighted by Crippen LogP contribution is -2.30. The van der Waals surface area contributed by atoms with Crippen LogP contribution in [0.25, 0.3) is 0 Å². The van der Waals surface area contributed by atoms with Crippen LogP contribution < -0.4 is 0 Å². The summed E-state index contributed by atoms with van der Waals surface area (Å²) in [5, 5.41) is 0. The zero-order valence-corrected chi connectivity index (χ0v) is 42.4. The van der Waals surface area contributed by atoms with E-state index in [1.807, 2.05) is 72.9 Å². The van der Waals surface area contributed by atoms with Crippen LogP contribution in [0.5, 0.6) is 0 Å². The Bertz CT molecular complexity index is 1420. The highest BCUT2D eigenvalue weighted by molar-refractivity contribution is 5.71. The van der Waals surface area contributed by atoms with E-state index in [0.717, 1.165) is 96.3 Å². The van der Waals surface area contributed by atoms with Gasteiger partial charge in [-0.05, 0) is 89.9 Å². The lowest BCUT2D eigenvalue weighted by Gasteiger charge is -2.18. The van der Waals surface area contributed by atoms with E-state index in [9.17, 15) is 14.4 Å². The number of hydrogen-bond donors (Lipinski definition) is 0. The number of esters is 3. The third-order valence-electron chi connectivity index (χ3n) is 10.9. The van der Waals surface area contributed by atoms with Crippen LogP contribution in [-0.2, 0) is 28.6 Å². The smallest absolute Gasteiger partial charge is 0.306 e. The van der Waals surface area contributed by atoms with Gasteiger partial charge in [-0.25, -0.2) is 0 Å². The second-order valence-corrected chi connectivity index (χ2v) is 17.3. The third-order valence-corrected chi connectivity index (χ3v) is 10.9. The summed E-state index contributed by atoms with van der Waals surface area (Å²) >= 11 is 0. The van der Waals surface area contributed by atoms with Crippen LogP contribution in [-0.4, -0.2) is 37.2 Å². The molecule has 0 aliphatic rings. The van der Waals surface area contributed by atoms with Gasteiger partial charge in [0, 0.05) is 19.3 Å². The van der Waals surface area contributed by atoms with E-state index < -0.39 is 6.10 Å². The van der Waals surface area contributed by atoms with Gasteiger partial charge < -0.3 is 14.2 Å². The van der Waals surface area contributed by atoms with Crippen molar-refractivity contribution in [2.24, 2.45) is 0 Å². The lowest BCUT2D eigenvalue weighted by molar-refractivity contribution is -0.167. The Morgan fingerprint density at radius 1 is 0.318 bits per heavy atom. The molecule has 0 aliphatic carbocycles. The summed E-state index contributed by atoms with van der Waals surface area (Å²) in [6.45, 7) is 6.39. The van der Waals surface area contributed by atoms with Crippen molar-refractivity contribution in [2.45, 2.75) is 226 Å². The summed E-state index contributed by atoms with van der Waals surface area (Å²) < 4.78 is 16.7. The number of allylic oxidation sites excluding steroid dienone is 20. The van der Waals surface area contributed by atoms with Crippen molar-refractivity contribution in [3.63, 3.8) is 0 Å². The Labute approximate surface area is 405 Å². The van der Waals surface area contributed by atoms with Crippen molar-refractivity contribution >= 4 is 17.9 Å². The SMILES string of the molecule is CC\C=C/C=C\C=C/C=C\C=C\C=C/C=C\CCCCCC(=O)OCC(COC(=O)CCCCC/C=C\CCCCCCCC)OC(=O)CCCCC/C=C\C=C/CCCCCCCCC. The normalized spacial score (nSPS) is 13.1. The molecule has 6 heteroatoms. The number of hydrogen-bond acceptors (Lipinski definition) is 6. The van der Waals surface area contributed by atoms with Crippen molar-refractivity contribution in [3.8, 4) is 0 Å². The number of carbonyl (C=O) groups is 3. The summed E-state index contributed by atoms with van der Waals surface area (Å²) in [7, 11) is 0. The van der Waals surface area contributed by atoms with Gasteiger partial charge in [0.25, 0.3) is 0 Å². The van der Waals surface area contributed by atoms with E-state index >= 15 is 0 Å². The van der Waals surface area contributed by atoms with Gasteiger partial charge in [-0.1, -0.05) is 232 Å². The lowest BCUT2D eigenvalue weighted by atomic mass is 10.1. The largest absolute Gasteiger partial charge is 0.462 e. The minimum atomic E-state index is -0.820. The molecule has 0 bridgehead atoms. The summed E-state index contributed by atoms with van der Waals surface area (Å²) in [5.74, 6) is -1.01. The van der Waals surface area contributed by atoms with Crippen molar-refractivity contribution < 1.29 is 28.6 Å². The van der Waals surface area contributed by atoms with Gasteiger partial charge >= 0.3 is 17.9 Å². The molecule has 0 spiro atoms. The van der Waals surface area contributed by atoms with Crippen LogP contribution in [0.2, 0.25) is 0 Å². The monoisotopic (exact) mass is 913 g/mol. The summed E-state index contributed by atoms with van der Waals surface area (Å²) in [6.07, 6.45) is 73.2. The van der Waals surface area contributed by atoms with E-state index in [4.69, 9.17) is 14.2 Å². The molecule has 372 valence electrons. The molecule has 66 heavy (non-hydrogen) atoms. The Morgan fingerprint density at radius 3 is 0.985 bits per heavy atom. The molecule has 0 saturated carbocycles. The van der Waals surface area contributed by atoms with E-state index in [1.165, 1.54) is 83.5 Å². The number of unbranched alkanes of at least 4 members (excludes halogenated alkanes) is 22. The van der Waals surface area contributed by atoms with Crippen LogP contribution >= 0.6 is 0 Å². The summed E-state index contributed by atoms with van der Waals surface area (Å²) in [6, 6.07) is 0. The van der Waals surface area contributed by atoms with Gasteiger partial charge in [-0.15, -0.1) is 0 Å². The fourth-order valence-corrected chi connectivity index (χ4v) is 6.88. The first-order valence-electron chi connectivity index (χ1n) is 26.7. The Balaban J connectivity index is 4.57. The zero-order chi connectivity index (χ0) is 47.9. The number of rotatable bonds is 46. The van der Waals surface area contributed by atoms with Crippen LogP contribution in [0.15, 0.2) is 122 Å². The molecular formula is C60H96O6. The molecule has 0 aromatic heterocycles. The quantitative estimate of drug-likeness (QED) is 0.0199. The molecular weight excluding hydrogens is 817 g/mol. The fraction of sp³-hybridized carbons (Fsp3) is 0.617. The van der Waals surface area contributed by atoms with Gasteiger partial charge in [-0.3, -0.25) is 14.4 Å². The molecule has 0 fully saturated rings. The topological polar surface area (TPSA) is 78.9 Å². The second kappa shape index (κ2) is 53.4. The maximum Gasteiger partial charge on any atom is 0.306 e. The molecule has 0 radical (unpaired) electrons. The number of ether oxygens (including phenoxy) is 3. The van der Waals surface area contributed by atoms with E-state index in [1.54, 1.807) is 0 Å². The van der Waals surface area contributed by atoms with E-state index in [0.29, 0.717) is 12.8 Å². The van der Waals surface area contributed by atoms with Crippen molar-refractivity contribution in [2.75, 3.05) is 13.2 Å². The minimum Gasteiger partial charge on any atom is -0.462 e. The van der Waals surface area contributed by atoms with Crippen molar-refractivity contribution in [3.05, 3.63) is 122 Å². The molecule has 0 rings (SSSR count). The molecule has 0 aromatic carbocycles. The standard InChI is InChI=1S/C60H96O6/c1-4-7-10-13-16-19-22-25-27-29-30-31-33-35-38-41-44-47-50-53-59(62)65-56-57(55-64-58(61)52-49-46-43-40-37-34-24-21-18-15-12-9-6-3)66-60(63)54-51-48-45-42-39-36-32-28-26-23-20-17-14-11-8-5-2/h7,10,13,16,19,22,25,27-39,57H,4-6,8-9,11-12,14-15,17-18,20-21,23-24,26,40-56H2,1-3H3/b10-7-,16-13-,22-19-,27-25-,30-29+,32-28-,33-31-,37-34-,38-35-,39-36-. The Morgan fingerprint density at radius 2 is 0.606 bits per heavy atom. The molecule has 0 N–H and O–H groups in total. The van der Waals surface area contributed by atoms with Gasteiger partial charge in [0.05, 0.1) is 0 Å². The third kappa shape index (κ3) is 50.8. The molecule has 0 saturated heterocycles. The second-order valence-electron chi connectivity index (χ2n) is 17.3. The van der Waals surface area contributed by atoms with E-state index in [2.05, 4.69) is 69.4 Å². The van der Waals surface area contributed by atoms with Crippen LogP contribution in [0.3, 0.4) is 0 Å². The predicted octanol–water partition coefficient (Wildman–Crippen LogP) is 17.7. The van der Waals surface area contributed by atoms with Gasteiger partial charge in [0.1, 0.15) is 13.2 Å². The van der Waals surface area contributed by atoms with Crippen LogP contribution in [0.1, 0.15) is 220 Å². The first kappa shape index (κ1) is 61.8. The highest BCUT2D eigenvalue weighted by Crippen LogP contribution is 2.13. The van der Waals surface area contributed by atoms with Gasteiger partial charge in [-0.2, -0.15) is 0 Å². The Hall–Kier alpha value is -4.19. The predicted molar refractivity (Wildman–Crippen MR) is 283 cm³/mol. The molecule has 0 amide bonds. The highest BCUT2D eigenvalue weighted by Gasteiger charge is 2.19. The maximum absolute atomic E-state index is 12.8. The highest BCUT2D eigenvalue weighted by atomic mass is 16.6. The average Bonchev–Trinajstić information content (AvgIpc) is 3.31. The summed E-state index contributed by atoms with van der Waals surface area (Å²) in [5.41, 5.74) is 0. The Kier molecular flexibility index (Phi) is 50.0. The minimum absolute atomic E-state index is 0.115. The first-order chi connectivity index (χ1) is 32.5. The van der Waals surface area contributed by atoms with Gasteiger partial charge in [0.15, 0.2) is 6.10 Å². The number of carbonyl (C=O) groups excluding carboxylic acids is 3. The molecule has 1 unspecified atom stereocenters. The van der Waals surface area contributed by atoms with Crippen LogP contribution in [0, 0.1) is 0 Å². The molecule has 0 aliphatic heterocycles. The molecule has 0 heterocycles. The van der Waals surface area contributed by atoms with E-state index in [-0.39, 0.29) is 37.5 Å². The molecule has 0 aromatic rings. The maximum atomic E-state index is 12.8. The molecule has 1 atom stereocenters. The van der Waals surface area contributed by atoms with Crippen molar-refractivity contribution in [1.29, 1.82) is 0 Å². The zero-order valence-electron chi connectivity index (χ0n) is 42.4. The van der Waals surface area contributed by atoms with Gasteiger partial charge in [0.2, 0.25) is 0 Å². The first-order valence-corrected chi connectivity index (χ1v) is 26.7. The summed E-state index contributed by atoms with van der Waals surface area (Å²) in [4.78, 5) is 38.0. The van der Waals surface area contributed by atoms with Crippen molar-refractivity contribution in [1.82, 2.24) is 0 Å². The molecule has 6 nitrogen and oxygen atoms in total. The van der Waals surface area contributed by atoms with Crippen LogP contribution in [0.4, 0.5) is 0 Å².